The maximum Gasteiger partial charge on any atom is 0.234 e. The first-order chi connectivity index (χ1) is 8.65. The zero-order valence-electron chi connectivity index (χ0n) is 11.4. The van der Waals surface area contributed by atoms with E-state index in [1.54, 1.807) is 0 Å². The van der Waals surface area contributed by atoms with Crippen LogP contribution >= 0.6 is 0 Å². The molecule has 1 heterocycles. The second-order valence-electron chi connectivity index (χ2n) is 4.29. The SMILES string of the molecule is CCCNC(=O)CN(C)Cc1cccc(NC)n1. The number of likely N-dealkylation sites (N-methyl/N-ethyl adjacent to an activating group) is 1. The number of pyridine rings is 1. The number of amides is 1. The first-order valence-corrected chi connectivity index (χ1v) is 6.24. The van der Waals surface area contributed by atoms with E-state index in [4.69, 9.17) is 0 Å². The van der Waals surface area contributed by atoms with E-state index >= 15 is 0 Å². The van der Waals surface area contributed by atoms with Crippen molar-refractivity contribution >= 4 is 11.7 Å². The molecular weight excluding hydrogens is 228 g/mol. The van der Waals surface area contributed by atoms with Crippen molar-refractivity contribution in [3.63, 3.8) is 0 Å². The van der Waals surface area contributed by atoms with E-state index in [2.05, 4.69) is 15.6 Å². The van der Waals surface area contributed by atoms with Gasteiger partial charge in [0.2, 0.25) is 5.91 Å². The summed E-state index contributed by atoms with van der Waals surface area (Å²) in [6.07, 6.45) is 0.960. The van der Waals surface area contributed by atoms with Crippen molar-refractivity contribution < 1.29 is 4.79 Å². The molecule has 0 saturated carbocycles. The van der Waals surface area contributed by atoms with Gasteiger partial charge < -0.3 is 10.6 Å². The molecule has 0 aliphatic rings. The number of hydrogen-bond acceptors (Lipinski definition) is 4. The number of carbonyl (C=O) groups is 1. The maximum absolute atomic E-state index is 11.5. The topological polar surface area (TPSA) is 57.3 Å². The molecule has 0 aliphatic heterocycles. The van der Waals surface area contributed by atoms with Crippen molar-refractivity contribution in [3.05, 3.63) is 23.9 Å². The number of carbonyl (C=O) groups excluding carboxylic acids is 1. The van der Waals surface area contributed by atoms with Crippen molar-refractivity contribution in [2.24, 2.45) is 0 Å². The van der Waals surface area contributed by atoms with Gasteiger partial charge in [-0.1, -0.05) is 13.0 Å². The minimum absolute atomic E-state index is 0.0594. The molecule has 1 rings (SSSR count). The third kappa shape index (κ3) is 5.14. The average Bonchev–Trinajstić information content (AvgIpc) is 2.36. The Morgan fingerprint density at radius 2 is 2.22 bits per heavy atom. The van der Waals surface area contributed by atoms with Crippen molar-refractivity contribution in [3.8, 4) is 0 Å². The number of hydrogen-bond donors (Lipinski definition) is 2. The number of nitrogens with one attached hydrogen (secondary N) is 2. The Hall–Kier alpha value is -1.62. The van der Waals surface area contributed by atoms with Crippen LogP contribution in [0.2, 0.25) is 0 Å². The number of nitrogens with zero attached hydrogens (tertiary/aromatic N) is 2. The summed E-state index contributed by atoms with van der Waals surface area (Å²) in [5.74, 6) is 0.903. The summed E-state index contributed by atoms with van der Waals surface area (Å²) in [5.41, 5.74) is 0.952. The zero-order valence-corrected chi connectivity index (χ0v) is 11.4. The van der Waals surface area contributed by atoms with Crippen molar-refractivity contribution in [1.29, 1.82) is 0 Å². The normalized spacial score (nSPS) is 10.4. The van der Waals surface area contributed by atoms with Gasteiger partial charge in [-0.25, -0.2) is 4.98 Å². The monoisotopic (exact) mass is 250 g/mol. The second-order valence-corrected chi connectivity index (χ2v) is 4.29. The Balaban J connectivity index is 2.43. The maximum atomic E-state index is 11.5. The fraction of sp³-hybridized carbons (Fsp3) is 0.538. The van der Waals surface area contributed by atoms with Crippen molar-refractivity contribution in [2.45, 2.75) is 19.9 Å². The van der Waals surface area contributed by atoms with Crippen LogP contribution in [0.1, 0.15) is 19.0 Å². The molecular formula is C13H22N4O. The summed E-state index contributed by atoms with van der Waals surface area (Å²) in [6, 6.07) is 5.83. The van der Waals surface area contributed by atoms with Crippen LogP contribution in [0, 0.1) is 0 Å². The molecule has 1 amide bonds. The molecule has 0 fully saturated rings. The lowest BCUT2D eigenvalue weighted by Crippen LogP contribution is -2.35. The van der Waals surface area contributed by atoms with Crippen LogP contribution in [0.5, 0.6) is 0 Å². The summed E-state index contributed by atoms with van der Waals surface area (Å²) < 4.78 is 0. The highest BCUT2D eigenvalue weighted by Gasteiger charge is 2.07. The second kappa shape index (κ2) is 7.66. The highest BCUT2D eigenvalue weighted by molar-refractivity contribution is 5.77. The molecule has 0 aromatic carbocycles. The van der Waals surface area contributed by atoms with Gasteiger partial charge in [0.25, 0.3) is 0 Å². The number of rotatable bonds is 7. The quantitative estimate of drug-likeness (QED) is 0.760. The molecule has 0 bridgehead atoms. The molecule has 1 aromatic heterocycles. The van der Waals surface area contributed by atoms with Gasteiger partial charge in [0, 0.05) is 20.1 Å². The average molecular weight is 250 g/mol. The third-order valence-corrected chi connectivity index (χ3v) is 2.48. The molecule has 5 nitrogen and oxygen atoms in total. The summed E-state index contributed by atoms with van der Waals surface area (Å²) in [4.78, 5) is 17.9. The first kappa shape index (κ1) is 14.4. The summed E-state index contributed by atoms with van der Waals surface area (Å²) in [5, 5.41) is 5.86. The lowest BCUT2D eigenvalue weighted by Gasteiger charge is -2.16. The highest BCUT2D eigenvalue weighted by atomic mass is 16.2. The molecule has 0 spiro atoms. The fourth-order valence-corrected chi connectivity index (χ4v) is 1.60. The van der Waals surface area contributed by atoms with Gasteiger partial charge in [-0.15, -0.1) is 0 Å². The molecule has 0 saturated heterocycles. The summed E-state index contributed by atoms with van der Waals surface area (Å²) in [6.45, 7) is 3.83. The predicted octanol–water partition coefficient (Wildman–Crippen LogP) is 1.08. The smallest absolute Gasteiger partial charge is 0.234 e. The van der Waals surface area contributed by atoms with Crippen molar-refractivity contribution in [2.75, 3.05) is 32.5 Å². The Kier molecular flexibility index (Phi) is 6.14. The molecule has 0 unspecified atom stereocenters. The number of aromatic nitrogens is 1. The van der Waals surface area contributed by atoms with Gasteiger partial charge in [-0.05, 0) is 25.6 Å². The molecule has 1 aromatic rings. The standard InChI is InChI=1S/C13H22N4O/c1-4-8-15-13(18)10-17(3)9-11-6-5-7-12(14-2)16-11/h5-7H,4,8-10H2,1-3H3,(H,14,16)(H,15,18). The Bertz CT molecular complexity index is 381. The van der Waals surface area contributed by atoms with Gasteiger partial charge in [0.1, 0.15) is 5.82 Å². The lowest BCUT2D eigenvalue weighted by atomic mass is 10.3. The Morgan fingerprint density at radius 1 is 1.44 bits per heavy atom. The molecule has 5 heteroatoms. The van der Waals surface area contributed by atoms with E-state index in [9.17, 15) is 4.79 Å². The molecule has 0 radical (unpaired) electrons. The van der Waals surface area contributed by atoms with E-state index < -0.39 is 0 Å². The van der Waals surface area contributed by atoms with Gasteiger partial charge in [0.05, 0.1) is 12.2 Å². The van der Waals surface area contributed by atoms with E-state index in [0.29, 0.717) is 13.1 Å². The van der Waals surface area contributed by atoms with E-state index in [0.717, 1.165) is 24.5 Å². The lowest BCUT2D eigenvalue weighted by molar-refractivity contribution is -0.122. The van der Waals surface area contributed by atoms with Gasteiger partial charge in [0.15, 0.2) is 0 Å². The van der Waals surface area contributed by atoms with Crippen LogP contribution in [0.15, 0.2) is 18.2 Å². The zero-order chi connectivity index (χ0) is 13.4. The van der Waals surface area contributed by atoms with Crippen LogP contribution in [0.4, 0.5) is 5.82 Å². The van der Waals surface area contributed by atoms with Crippen LogP contribution in [-0.4, -0.2) is 43.0 Å². The largest absolute Gasteiger partial charge is 0.373 e. The van der Waals surface area contributed by atoms with Gasteiger partial charge >= 0.3 is 0 Å². The summed E-state index contributed by atoms with van der Waals surface area (Å²) in [7, 11) is 3.76. The molecule has 100 valence electrons. The molecule has 0 atom stereocenters. The fourth-order valence-electron chi connectivity index (χ4n) is 1.60. The Labute approximate surface area is 109 Å². The van der Waals surface area contributed by atoms with Crippen LogP contribution < -0.4 is 10.6 Å². The van der Waals surface area contributed by atoms with E-state index in [1.807, 2.05) is 44.1 Å². The van der Waals surface area contributed by atoms with Crippen LogP contribution in [-0.2, 0) is 11.3 Å². The minimum atomic E-state index is 0.0594. The van der Waals surface area contributed by atoms with Gasteiger partial charge in [-0.2, -0.15) is 0 Å². The van der Waals surface area contributed by atoms with Crippen molar-refractivity contribution in [1.82, 2.24) is 15.2 Å². The molecule has 18 heavy (non-hydrogen) atoms. The van der Waals surface area contributed by atoms with Crippen LogP contribution in [0.3, 0.4) is 0 Å². The molecule has 2 N–H and O–H groups in total. The highest BCUT2D eigenvalue weighted by Crippen LogP contribution is 2.05. The summed E-state index contributed by atoms with van der Waals surface area (Å²) >= 11 is 0. The van der Waals surface area contributed by atoms with Gasteiger partial charge in [-0.3, -0.25) is 9.69 Å². The third-order valence-electron chi connectivity index (χ3n) is 2.48. The van der Waals surface area contributed by atoms with E-state index in [1.165, 1.54) is 0 Å². The molecule has 0 aliphatic carbocycles. The van der Waals surface area contributed by atoms with E-state index in [-0.39, 0.29) is 5.91 Å². The van der Waals surface area contributed by atoms with Crippen LogP contribution in [0.25, 0.3) is 0 Å². The Morgan fingerprint density at radius 3 is 2.89 bits per heavy atom. The first-order valence-electron chi connectivity index (χ1n) is 6.24. The predicted molar refractivity (Wildman–Crippen MR) is 73.4 cm³/mol. The number of anilines is 1. The minimum Gasteiger partial charge on any atom is -0.373 e.